The minimum Gasteiger partial charge on any atom is -0.344 e. The molecule has 1 aromatic rings. The molecule has 1 N–H and O–H groups in total. The number of amides is 2. The van der Waals surface area contributed by atoms with Gasteiger partial charge in [0.2, 0.25) is 11.8 Å². The number of rotatable bonds is 3. The Balaban J connectivity index is 1.83. The minimum atomic E-state index is -0.672. The summed E-state index contributed by atoms with van der Waals surface area (Å²) in [5, 5.41) is 2.72. The quantitative estimate of drug-likeness (QED) is 0.920. The van der Waals surface area contributed by atoms with Gasteiger partial charge in [-0.25, -0.2) is 8.78 Å². The molecule has 0 radical (unpaired) electrons. The van der Waals surface area contributed by atoms with Gasteiger partial charge >= 0.3 is 0 Å². The Morgan fingerprint density at radius 2 is 1.86 bits per heavy atom. The summed E-state index contributed by atoms with van der Waals surface area (Å²) >= 11 is 0. The molecule has 1 unspecified atom stereocenters. The minimum absolute atomic E-state index is 0.130. The molecule has 2 fully saturated rings. The van der Waals surface area contributed by atoms with E-state index < -0.39 is 17.7 Å². The molecule has 1 heterocycles. The lowest BCUT2D eigenvalue weighted by Crippen LogP contribution is -2.45. The fourth-order valence-electron chi connectivity index (χ4n) is 2.63. The highest BCUT2D eigenvalue weighted by Crippen LogP contribution is 2.34. The number of hydrogen-bond donors (Lipinski definition) is 1. The van der Waals surface area contributed by atoms with E-state index in [0.29, 0.717) is 0 Å². The van der Waals surface area contributed by atoms with Gasteiger partial charge in [-0.15, -0.1) is 0 Å². The number of hydrogen-bond acceptors (Lipinski definition) is 2. The molecule has 0 bridgehead atoms. The second-order valence-electron chi connectivity index (χ2n) is 5.59. The first kappa shape index (κ1) is 14.0. The van der Waals surface area contributed by atoms with Crippen LogP contribution in [-0.2, 0) is 16.1 Å². The van der Waals surface area contributed by atoms with Crippen LogP contribution in [0.1, 0.15) is 24.8 Å². The highest BCUT2D eigenvalue weighted by molar-refractivity contribution is 5.90. The number of nitrogens with one attached hydrogen (secondary N) is 1. The molecule has 1 aromatic carbocycles. The topological polar surface area (TPSA) is 49.4 Å². The largest absolute Gasteiger partial charge is 0.344 e. The van der Waals surface area contributed by atoms with Crippen LogP contribution in [0.5, 0.6) is 0 Å². The van der Waals surface area contributed by atoms with Crippen LogP contribution in [0.2, 0.25) is 0 Å². The van der Waals surface area contributed by atoms with Gasteiger partial charge in [0.05, 0.1) is 6.54 Å². The van der Waals surface area contributed by atoms with Crippen LogP contribution >= 0.6 is 0 Å². The van der Waals surface area contributed by atoms with Crippen molar-refractivity contribution >= 4 is 11.8 Å². The van der Waals surface area contributed by atoms with Gasteiger partial charge in [0.25, 0.3) is 0 Å². The smallest absolute Gasteiger partial charge is 0.245 e. The molecule has 3 rings (SSSR count). The van der Waals surface area contributed by atoms with Crippen molar-refractivity contribution < 1.29 is 18.4 Å². The number of carbonyl (C=O) groups excluding carboxylic acids is 2. The molecule has 1 saturated heterocycles. The van der Waals surface area contributed by atoms with E-state index in [4.69, 9.17) is 0 Å². The summed E-state index contributed by atoms with van der Waals surface area (Å²) in [6.45, 7) is 0.0389. The Kier molecular flexibility index (Phi) is 3.61. The van der Waals surface area contributed by atoms with Crippen molar-refractivity contribution in [2.45, 2.75) is 31.8 Å². The average molecular weight is 294 g/mol. The lowest BCUT2D eigenvalue weighted by molar-refractivity contribution is -0.134. The molecule has 0 aromatic heterocycles. The van der Waals surface area contributed by atoms with Crippen molar-refractivity contribution in [3.8, 4) is 0 Å². The van der Waals surface area contributed by atoms with Gasteiger partial charge in [-0.1, -0.05) is 6.07 Å². The standard InChI is InChI=1S/C15H16F2N2O2/c16-11-2-1-3-12(17)10(11)8-19-7-6-13(20)18-14(15(19)21)9-4-5-9/h1-3,9,14H,4-8H2,(H,18,20). The number of halogens is 2. The molecule has 21 heavy (non-hydrogen) atoms. The van der Waals surface area contributed by atoms with E-state index in [9.17, 15) is 18.4 Å². The summed E-state index contributed by atoms with van der Waals surface area (Å²) < 4.78 is 27.4. The summed E-state index contributed by atoms with van der Waals surface area (Å²) in [7, 11) is 0. The SMILES string of the molecule is O=C1CCN(Cc2c(F)cccc2F)C(=O)C(C2CC2)N1. The van der Waals surface area contributed by atoms with Gasteiger partial charge < -0.3 is 10.2 Å². The van der Waals surface area contributed by atoms with E-state index in [1.54, 1.807) is 0 Å². The first-order valence-electron chi connectivity index (χ1n) is 7.07. The zero-order valence-corrected chi connectivity index (χ0v) is 11.4. The lowest BCUT2D eigenvalue weighted by Gasteiger charge is -2.24. The van der Waals surface area contributed by atoms with Crippen LogP contribution in [0, 0.1) is 17.6 Å². The summed E-state index contributed by atoms with van der Waals surface area (Å²) in [6, 6.07) is 3.08. The van der Waals surface area contributed by atoms with E-state index in [0.717, 1.165) is 12.8 Å². The second-order valence-corrected chi connectivity index (χ2v) is 5.59. The van der Waals surface area contributed by atoms with Gasteiger partial charge in [-0.05, 0) is 30.9 Å². The van der Waals surface area contributed by atoms with Crippen LogP contribution in [0.4, 0.5) is 8.78 Å². The molecule has 2 amide bonds. The van der Waals surface area contributed by atoms with Crippen molar-refractivity contribution in [1.29, 1.82) is 0 Å². The molecular formula is C15H16F2N2O2. The van der Waals surface area contributed by atoms with Crippen LogP contribution in [-0.4, -0.2) is 29.3 Å². The molecule has 6 heteroatoms. The van der Waals surface area contributed by atoms with Crippen molar-refractivity contribution in [2.24, 2.45) is 5.92 Å². The van der Waals surface area contributed by atoms with Crippen molar-refractivity contribution in [3.63, 3.8) is 0 Å². The van der Waals surface area contributed by atoms with Crippen LogP contribution in [0.15, 0.2) is 18.2 Å². The van der Waals surface area contributed by atoms with Crippen LogP contribution < -0.4 is 5.32 Å². The van der Waals surface area contributed by atoms with E-state index in [2.05, 4.69) is 5.32 Å². The highest BCUT2D eigenvalue weighted by atomic mass is 19.1. The molecular weight excluding hydrogens is 278 g/mol. The molecule has 1 saturated carbocycles. The normalized spacial score (nSPS) is 23.0. The maximum Gasteiger partial charge on any atom is 0.245 e. The second kappa shape index (κ2) is 5.42. The summed E-state index contributed by atoms with van der Waals surface area (Å²) in [5.41, 5.74) is -0.130. The first-order valence-corrected chi connectivity index (χ1v) is 7.07. The Bertz CT molecular complexity index is 567. The van der Waals surface area contributed by atoms with E-state index >= 15 is 0 Å². The van der Waals surface area contributed by atoms with Crippen LogP contribution in [0.25, 0.3) is 0 Å². The molecule has 4 nitrogen and oxygen atoms in total. The van der Waals surface area contributed by atoms with E-state index in [-0.39, 0.29) is 42.8 Å². The zero-order chi connectivity index (χ0) is 15.0. The van der Waals surface area contributed by atoms with Gasteiger partial charge in [0, 0.05) is 18.5 Å². The van der Waals surface area contributed by atoms with Crippen LogP contribution in [0.3, 0.4) is 0 Å². The fourth-order valence-corrected chi connectivity index (χ4v) is 2.63. The number of benzene rings is 1. The van der Waals surface area contributed by atoms with Crippen molar-refractivity contribution in [2.75, 3.05) is 6.54 Å². The monoisotopic (exact) mass is 294 g/mol. The maximum absolute atomic E-state index is 13.7. The van der Waals surface area contributed by atoms with Gasteiger partial charge in [0.1, 0.15) is 17.7 Å². The predicted molar refractivity (Wildman–Crippen MR) is 71.0 cm³/mol. The van der Waals surface area contributed by atoms with Gasteiger partial charge in [-0.3, -0.25) is 9.59 Å². The zero-order valence-electron chi connectivity index (χ0n) is 11.4. The number of nitrogens with zero attached hydrogens (tertiary/aromatic N) is 1. The van der Waals surface area contributed by atoms with E-state index in [1.165, 1.54) is 23.1 Å². The summed E-state index contributed by atoms with van der Waals surface area (Å²) in [5.74, 6) is -1.61. The summed E-state index contributed by atoms with van der Waals surface area (Å²) in [4.78, 5) is 25.5. The highest BCUT2D eigenvalue weighted by Gasteiger charge is 2.41. The summed E-state index contributed by atoms with van der Waals surface area (Å²) in [6.07, 6.45) is 1.96. The molecule has 1 aliphatic heterocycles. The van der Waals surface area contributed by atoms with Crippen molar-refractivity contribution in [3.05, 3.63) is 35.4 Å². The third-order valence-electron chi connectivity index (χ3n) is 4.01. The van der Waals surface area contributed by atoms with Gasteiger partial charge in [-0.2, -0.15) is 0 Å². The third kappa shape index (κ3) is 2.89. The lowest BCUT2D eigenvalue weighted by atomic mass is 10.1. The maximum atomic E-state index is 13.7. The van der Waals surface area contributed by atoms with Gasteiger partial charge in [0.15, 0.2) is 0 Å². The number of carbonyl (C=O) groups is 2. The Morgan fingerprint density at radius 1 is 1.19 bits per heavy atom. The molecule has 1 aliphatic carbocycles. The Hall–Kier alpha value is -1.98. The molecule has 1 atom stereocenters. The Labute approximate surface area is 121 Å². The molecule has 2 aliphatic rings. The predicted octanol–water partition coefficient (Wildman–Crippen LogP) is 1.59. The fraction of sp³-hybridized carbons (Fsp3) is 0.467. The average Bonchev–Trinajstić information content (AvgIpc) is 3.27. The van der Waals surface area contributed by atoms with Crippen molar-refractivity contribution in [1.82, 2.24) is 10.2 Å². The third-order valence-corrected chi connectivity index (χ3v) is 4.01. The molecule has 112 valence electrons. The Morgan fingerprint density at radius 3 is 2.48 bits per heavy atom. The van der Waals surface area contributed by atoms with E-state index in [1.807, 2.05) is 0 Å². The molecule has 0 spiro atoms. The first-order chi connectivity index (χ1) is 10.1.